The Morgan fingerprint density at radius 1 is 1.16 bits per heavy atom. The van der Waals surface area contributed by atoms with Gasteiger partial charge in [0.05, 0.1) is 53.2 Å². The molecule has 0 saturated carbocycles. The number of cyclic esters (lactones) is 1. The van der Waals surface area contributed by atoms with E-state index in [0.717, 1.165) is 8.85 Å². The Kier molecular flexibility index (Phi) is 5.61. The summed E-state index contributed by atoms with van der Waals surface area (Å²) in [5.41, 5.74) is -1.12. The minimum Gasteiger partial charge on any atom is -0.466 e. The molecule has 0 aliphatic carbocycles. The van der Waals surface area contributed by atoms with E-state index < -0.39 is 35.5 Å². The fourth-order valence-corrected chi connectivity index (χ4v) is 4.17. The Morgan fingerprint density at radius 3 is 2.56 bits per heavy atom. The maximum Gasteiger partial charge on any atom is 0.417 e. The number of halogens is 4. The summed E-state index contributed by atoms with van der Waals surface area (Å²) >= 11 is 1.65. The number of ether oxygens (including phenoxy) is 2. The number of alkyl halides is 3. The topological polar surface area (TPSA) is 77.8 Å². The fraction of sp³-hybridized carbons (Fsp3) is 0.190. The number of hydrogen-bond acceptors (Lipinski definition) is 5. The monoisotopic (exact) mass is 558 g/mol. The predicted octanol–water partition coefficient (Wildman–Crippen LogP) is 4.38. The van der Waals surface area contributed by atoms with Crippen LogP contribution in [0.5, 0.6) is 0 Å². The quantitative estimate of drug-likeness (QED) is 0.353. The second kappa shape index (κ2) is 8.11. The molecule has 2 aromatic carbocycles. The molecule has 3 aromatic rings. The molecular formula is C21H14F3IN2O5. The second-order valence-electron chi connectivity index (χ2n) is 6.94. The van der Waals surface area contributed by atoms with Gasteiger partial charge in [0.1, 0.15) is 0 Å². The number of rotatable bonds is 3. The number of anilines is 1. The van der Waals surface area contributed by atoms with Gasteiger partial charge in [0, 0.05) is 11.3 Å². The van der Waals surface area contributed by atoms with Crippen molar-refractivity contribution in [3.05, 3.63) is 64.4 Å². The number of esters is 1. The lowest BCUT2D eigenvalue weighted by atomic mass is 10.0. The standard InChI is InChI=1S/C21H14F3IN2O5/c1-31-19(29)17-10-26(20(30)32-17)12-7-6-11-8-16(27(25)18(28)14(11)9-12)13-4-2-3-5-15(13)21(22,23)24/h2-9,17H,10H2,1H3. The van der Waals surface area contributed by atoms with Gasteiger partial charge >= 0.3 is 18.2 Å². The maximum atomic E-state index is 13.5. The summed E-state index contributed by atoms with van der Waals surface area (Å²) in [5, 5.41) is 0.593. The summed E-state index contributed by atoms with van der Waals surface area (Å²) in [6.45, 7) is -0.0908. The van der Waals surface area contributed by atoms with Crippen molar-refractivity contribution in [1.29, 1.82) is 0 Å². The van der Waals surface area contributed by atoms with Crippen molar-refractivity contribution < 1.29 is 32.2 Å². The van der Waals surface area contributed by atoms with Crippen LogP contribution in [0.1, 0.15) is 5.56 Å². The molecule has 7 nitrogen and oxygen atoms in total. The zero-order valence-corrected chi connectivity index (χ0v) is 18.5. The largest absolute Gasteiger partial charge is 0.466 e. The number of carbonyl (C=O) groups excluding carboxylic acids is 2. The number of pyridine rings is 1. The van der Waals surface area contributed by atoms with Crippen LogP contribution in [0, 0.1) is 0 Å². The van der Waals surface area contributed by atoms with Gasteiger partial charge in [0.2, 0.25) is 6.10 Å². The lowest BCUT2D eigenvalue weighted by Gasteiger charge is -2.16. The molecule has 11 heteroatoms. The zero-order chi connectivity index (χ0) is 23.2. The molecule has 0 radical (unpaired) electrons. The first kappa shape index (κ1) is 22.1. The van der Waals surface area contributed by atoms with E-state index in [1.807, 2.05) is 0 Å². The van der Waals surface area contributed by atoms with Gasteiger partial charge < -0.3 is 9.47 Å². The molecule has 4 rings (SSSR count). The summed E-state index contributed by atoms with van der Waals surface area (Å²) in [6, 6.07) is 11.0. The van der Waals surface area contributed by atoms with E-state index in [0.29, 0.717) is 11.1 Å². The molecule has 166 valence electrons. The smallest absolute Gasteiger partial charge is 0.417 e. The van der Waals surface area contributed by atoms with Crippen molar-refractivity contribution in [2.75, 3.05) is 18.6 Å². The van der Waals surface area contributed by atoms with E-state index in [9.17, 15) is 27.6 Å². The first-order valence-electron chi connectivity index (χ1n) is 9.20. The third-order valence-electron chi connectivity index (χ3n) is 5.05. The molecule has 1 amide bonds. The molecule has 1 aliphatic heterocycles. The van der Waals surface area contributed by atoms with Gasteiger partial charge in [-0.1, -0.05) is 24.3 Å². The van der Waals surface area contributed by atoms with Gasteiger partial charge in [-0.2, -0.15) is 13.2 Å². The van der Waals surface area contributed by atoms with Crippen molar-refractivity contribution >= 4 is 51.4 Å². The first-order chi connectivity index (χ1) is 15.1. The number of hydrogen-bond donors (Lipinski definition) is 0. The molecule has 1 unspecified atom stereocenters. The van der Waals surface area contributed by atoms with Gasteiger partial charge in [-0.15, -0.1) is 0 Å². The van der Waals surface area contributed by atoms with Crippen LogP contribution in [0.3, 0.4) is 0 Å². The number of nitrogens with zero attached hydrogens (tertiary/aromatic N) is 2. The number of carbonyl (C=O) groups is 2. The summed E-state index contributed by atoms with van der Waals surface area (Å²) in [4.78, 5) is 38.0. The SMILES string of the molecule is COC(=O)C1CN(c2ccc3cc(-c4ccccc4C(F)(F)F)n(I)c(=O)c3c2)C(=O)O1. The van der Waals surface area contributed by atoms with E-state index in [1.165, 1.54) is 54.5 Å². The van der Waals surface area contributed by atoms with E-state index in [4.69, 9.17) is 4.74 Å². The van der Waals surface area contributed by atoms with E-state index in [-0.39, 0.29) is 23.2 Å². The third-order valence-corrected chi connectivity index (χ3v) is 6.00. The number of amides is 1. The summed E-state index contributed by atoms with van der Waals surface area (Å²) in [7, 11) is 1.17. The normalized spacial score (nSPS) is 16.3. The van der Waals surface area contributed by atoms with Gasteiger partial charge in [-0.25, -0.2) is 12.4 Å². The molecule has 0 N–H and O–H groups in total. The minimum absolute atomic E-state index is 0.0908. The lowest BCUT2D eigenvalue weighted by molar-refractivity contribution is -0.148. The fourth-order valence-electron chi connectivity index (χ4n) is 3.51. The minimum atomic E-state index is -4.59. The molecule has 32 heavy (non-hydrogen) atoms. The summed E-state index contributed by atoms with van der Waals surface area (Å²) in [6.07, 6.45) is -6.45. The molecule has 1 atom stereocenters. The van der Waals surface area contributed by atoms with Crippen LogP contribution in [-0.4, -0.2) is 34.6 Å². The van der Waals surface area contributed by atoms with Gasteiger partial charge in [0.25, 0.3) is 5.56 Å². The van der Waals surface area contributed by atoms with Gasteiger partial charge in [0.15, 0.2) is 0 Å². The van der Waals surface area contributed by atoms with Crippen LogP contribution in [0.15, 0.2) is 53.3 Å². The van der Waals surface area contributed by atoms with Crippen LogP contribution in [-0.2, 0) is 20.4 Å². The maximum absolute atomic E-state index is 13.5. The summed E-state index contributed by atoms with van der Waals surface area (Å²) in [5.74, 6) is -0.704. The van der Waals surface area contributed by atoms with Gasteiger partial charge in [-0.3, -0.25) is 9.69 Å². The number of aromatic nitrogens is 1. The van der Waals surface area contributed by atoms with Crippen LogP contribution in [0.25, 0.3) is 22.0 Å². The molecule has 1 aromatic heterocycles. The molecular weight excluding hydrogens is 544 g/mol. The van der Waals surface area contributed by atoms with E-state index in [1.54, 1.807) is 22.9 Å². The van der Waals surface area contributed by atoms with Crippen LogP contribution in [0.4, 0.5) is 23.7 Å². The number of methoxy groups -OCH3 is 1. The molecule has 1 saturated heterocycles. The predicted molar refractivity (Wildman–Crippen MR) is 118 cm³/mol. The molecule has 0 bridgehead atoms. The molecule has 2 heterocycles. The Hall–Kier alpha value is -3.09. The highest BCUT2D eigenvalue weighted by Crippen LogP contribution is 2.38. The van der Waals surface area contributed by atoms with E-state index >= 15 is 0 Å². The molecule has 1 aliphatic rings. The Labute approximate surface area is 192 Å². The van der Waals surface area contributed by atoms with Gasteiger partial charge in [-0.05, 0) is 29.7 Å². The van der Waals surface area contributed by atoms with E-state index in [2.05, 4.69) is 4.74 Å². The Balaban J connectivity index is 1.81. The van der Waals surface area contributed by atoms with Crippen molar-refractivity contribution in [3.8, 4) is 11.3 Å². The first-order valence-corrected chi connectivity index (χ1v) is 10.2. The summed E-state index contributed by atoms with van der Waals surface area (Å²) < 4.78 is 51.1. The highest BCUT2D eigenvalue weighted by molar-refractivity contribution is 14.1. The van der Waals surface area contributed by atoms with Crippen molar-refractivity contribution in [1.82, 2.24) is 2.78 Å². The Morgan fingerprint density at radius 2 is 1.88 bits per heavy atom. The number of fused-ring (bicyclic) bond motifs is 1. The number of benzene rings is 2. The van der Waals surface area contributed by atoms with Crippen molar-refractivity contribution in [2.24, 2.45) is 0 Å². The highest BCUT2D eigenvalue weighted by Gasteiger charge is 2.38. The second-order valence-corrected chi connectivity index (χ2v) is 7.90. The Bertz CT molecular complexity index is 1300. The molecule has 0 spiro atoms. The third kappa shape index (κ3) is 3.80. The van der Waals surface area contributed by atoms with Crippen molar-refractivity contribution in [3.63, 3.8) is 0 Å². The lowest BCUT2D eigenvalue weighted by Crippen LogP contribution is -2.28. The average Bonchev–Trinajstić information content (AvgIpc) is 3.16. The average molecular weight is 558 g/mol. The molecule has 1 fully saturated rings. The zero-order valence-electron chi connectivity index (χ0n) is 16.4. The van der Waals surface area contributed by atoms with Crippen LogP contribution in [0.2, 0.25) is 0 Å². The highest BCUT2D eigenvalue weighted by atomic mass is 127. The van der Waals surface area contributed by atoms with Crippen LogP contribution >= 0.6 is 22.9 Å². The van der Waals surface area contributed by atoms with Crippen molar-refractivity contribution in [2.45, 2.75) is 12.3 Å². The van der Waals surface area contributed by atoms with Crippen LogP contribution < -0.4 is 10.5 Å².